The van der Waals surface area contributed by atoms with Crippen molar-refractivity contribution in [2.75, 3.05) is 17.6 Å². The van der Waals surface area contributed by atoms with Gasteiger partial charge in [0.25, 0.3) is 5.91 Å². The van der Waals surface area contributed by atoms with Crippen molar-refractivity contribution in [2.24, 2.45) is 0 Å². The first-order valence-electron chi connectivity index (χ1n) is 8.17. The maximum absolute atomic E-state index is 12.2. The van der Waals surface area contributed by atoms with Gasteiger partial charge in [0.2, 0.25) is 0 Å². The highest BCUT2D eigenvalue weighted by Crippen LogP contribution is 2.51. The predicted octanol–water partition coefficient (Wildman–Crippen LogP) is 3.70. The molecule has 4 nitrogen and oxygen atoms in total. The number of hydrogen-bond acceptors (Lipinski definition) is 4. The second kappa shape index (κ2) is 6.26. The molecule has 116 valence electrons. The number of hydrogen-bond donors (Lipinski definition) is 3. The van der Waals surface area contributed by atoms with E-state index in [0.29, 0.717) is 29.1 Å². The molecule has 0 bridgehead atoms. The average molecular weight is 307 g/mol. The molecule has 21 heavy (non-hydrogen) atoms. The van der Waals surface area contributed by atoms with E-state index in [9.17, 15) is 4.79 Å². The van der Waals surface area contributed by atoms with E-state index in [-0.39, 0.29) is 5.91 Å². The Bertz CT molecular complexity index is 516. The highest BCUT2D eigenvalue weighted by Gasteiger charge is 2.33. The van der Waals surface area contributed by atoms with Crippen molar-refractivity contribution in [1.29, 1.82) is 0 Å². The Hall–Kier alpha value is -1.23. The van der Waals surface area contributed by atoms with Crippen LogP contribution in [0.4, 0.5) is 10.7 Å². The summed E-state index contributed by atoms with van der Waals surface area (Å²) in [6.45, 7) is 2.57. The lowest BCUT2D eigenvalue weighted by atomic mass is 9.95. The molecular formula is C16H25N3OS. The van der Waals surface area contributed by atoms with Crippen molar-refractivity contribution in [3.05, 3.63) is 10.4 Å². The van der Waals surface area contributed by atoms with E-state index >= 15 is 0 Å². The van der Waals surface area contributed by atoms with Gasteiger partial charge < -0.3 is 16.4 Å². The fourth-order valence-electron chi connectivity index (χ4n) is 3.18. The molecule has 2 aliphatic rings. The third-order valence-electron chi connectivity index (χ3n) is 4.45. The molecule has 1 heterocycles. The van der Waals surface area contributed by atoms with Crippen molar-refractivity contribution >= 4 is 27.9 Å². The van der Waals surface area contributed by atoms with Crippen molar-refractivity contribution in [1.82, 2.24) is 5.32 Å². The number of carbonyl (C=O) groups excluding carboxylic acids is 1. The molecule has 2 fully saturated rings. The summed E-state index contributed by atoms with van der Waals surface area (Å²) in [4.78, 5) is 12.8. The smallest absolute Gasteiger partial charge is 0.263 e. The van der Waals surface area contributed by atoms with E-state index in [1.54, 1.807) is 11.3 Å². The standard InChI is InChI=1S/C16H25N3OS/c1-2-18-15(20)14-13(17)12(10-8-9-10)16(21-14)19-11-6-4-3-5-7-11/h10-11,19H,2-9,17H2,1H3,(H,18,20). The fourth-order valence-corrected chi connectivity index (χ4v) is 4.38. The summed E-state index contributed by atoms with van der Waals surface area (Å²) in [7, 11) is 0. The van der Waals surface area contributed by atoms with Crippen molar-refractivity contribution in [3.63, 3.8) is 0 Å². The van der Waals surface area contributed by atoms with E-state index in [2.05, 4.69) is 10.6 Å². The quantitative estimate of drug-likeness (QED) is 0.777. The molecular weight excluding hydrogens is 282 g/mol. The molecule has 2 saturated carbocycles. The Labute approximate surface area is 130 Å². The molecule has 0 aliphatic heterocycles. The zero-order chi connectivity index (χ0) is 14.8. The van der Waals surface area contributed by atoms with E-state index in [1.165, 1.54) is 50.5 Å². The van der Waals surface area contributed by atoms with Gasteiger partial charge in [-0.1, -0.05) is 19.3 Å². The zero-order valence-electron chi connectivity index (χ0n) is 12.7. The van der Waals surface area contributed by atoms with Crippen LogP contribution in [0.2, 0.25) is 0 Å². The van der Waals surface area contributed by atoms with Crippen LogP contribution in [0.25, 0.3) is 0 Å². The maximum Gasteiger partial charge on any atom is 0.263 e. The van der Waals surface area contributed by atoms with Crippen LogP contribution < -0.4 is 16.4 Å². The molecule has 0 saturated heterocycles. The monoisotopic (exact) mass is 307 g/mol. The molecule has 1 aromatic heterocycles. The second-order valence-electron chi connectivity index (χ2n) is 6.20. The minimum Gasteiger partial charge on any atom is -0.397 e. The lowest BCUT2D eigenvalue weighted by Crippen LogP contribution is -2.22. The van der Waals surface area contributed by atoms with Crippen molar-refractivity contribution in [2.45, 2.75) is 63.8 Å². The summed E-state index contributed by atoms with van der Waals surface area (Å²) in [6, 6.07) is 0.552. The van der Waals surface area contributed by atoms with Crippen LogP contribution in [0.15, 0.2) is 0 Å². The summed E-state index contributed by atoms with van der Waals surface area (Å²) < 4.78 is 0. The zero-order valence-corrected chi connectivity index (χ0v) is 13.5. The summed E-state index contributed by atoms with van der Waals surface area (Å²) in [5, 5.41) is 7.71. The largest absolute Gasteiger partial charge is 0.397 e. The number of anilines is 2. The molecule has 0 aromatic carbocycles. The number of nitrogens with one attached hydrogen (secondary N) is 2. The van der Waals surface area contributed by atoms with E-state index in [0.717, 1.165) is 5.00 Å². The minimum atomic E-state index is -0.0291. The molecule has 0 atom stereocenters. The number of nitrogens with two attached hydrogens (primary N) is 1. The van der Waals surface area contributed by atoms with Gasteiger partial charge in [-0.15, -0.1) is 11.3 Å². The molecule has 0 spiro atoms. The molecule has 2 aliphatic carbocycles. The first-order chi connectivity index (χ1) is 10.2. The number of rotatable bonds is 5. The predicted molar refractivity (Wildman–Crippen MR) is 89.2 cm³/mol. The van der Waals surface area contributed by atoms with Crippen LogP contribution in [0.3, 0.4) is 0 Å². The van der Waals surface area contributed by atoms with Crippen molar-refractivity contribution in [3.8, 4) is 0 Å². The van der Waals surface area contributed by atoms with Crippen LogP contribution in [0, 0.1) is 0 Å². The molecule has 1 amide bonds. The highest BCUT2D eigenvalue weighted by molar-refractivity contribution is 7.18. The number of nitrogen functional groups attached to an aromatic ring is 1. The van der Waals surface area contributed by atoms with Crippen molar-refractivity contribution < 1.29 is 4.79 Å². The number of thiophene rings is 1. The summed E-state index contributed by atoms with van der Waals surface area (Å²) in [5.74, 6) is 0.536. The van der Waals surface area contributed by atoms with E-state index in [1.807, 2.05) is 6.92 Å². The second-order valence-corrected chi connectivity index (χ2v) is 7.22. The Morgan fingerprint density at radius 3 is 2.57 bits per heavy atom. The Kier molecular flexibility index (Phi) is 4.38. The molecule has 3 rings (SSSR count). The summed E-state index contributed by atoms with van der Waals surface area (Å²) in [5.41, 5.74) is 8.22. The Morgan fingerprint density at radius 2 is 1.95 bits per heavy atom. The van der Waals surface area contributed by atoms with Gasteiger partial charge in [-0.25, -0.2) is 0 Å². The van der Waals surface area contributed by atoms with Gasteiger partial charge in [-0.05, 0) is 38.5 Å². The molecule has 1 aromatic rings. The lowest BCUT2D eigenvalue weighted by molar-refractivity contribution is 0.0960. The highest BCUT2D eigenvalue weighted by atomic mass is 32.1. The van der Waals surface area contributed by atoms with Gasteiger partial charge >= 0.3 is 0 Å². The Balaban J connectivity index is 1.83. The van der Waals surface area contributed by atoms with Gasteiger partial charge in [0.15, 0.2) is 0 Å². The summed E-state index contributed by atoms with van der Waals surface area (Å²) in [6.07, 6.45) is 8.84. The third-order valence-corrected chi connectivity index (χ3v) is 5.60. The Morgan fingerprint density at radius 1 is 1.24 bits per heavy atom. The van der Waals surface area contributed by atoms with Crippen LogP contribution in [-0.4, -0.2) is 18.5 Å². The molecule has 4 N–H and O–H groups in total. The lowest BCUT2D eigenvalue weighted by Gasteiger charge is -2.23. The molecule has 0 unspecified atom stereocenters. The molecule has 0 radical (unpaired) electrons. The minimum absolute atomic E-state index is 0.0291. The van der Waals surface area contributed by atoms with Gasteiger partial charge in [-0.2, -0.15) is 0 Å². The summed E-state index contributed by atoms with van der Waals surface area (Å²) >= 11 is 1.55. The van der Waals surface area contributed by atoms with Crippen LogP contribution in [0.1, 0.15) is 73.0 Å². The first-order valence-corrected chi connectivity index (χ1v) is 8.99. The SMILES string of the molecule is CCNC(=O)c1sc(NC2CCCCC2)c(C2CC2)c1N. The van der Waals surface area contributed by atoms with Gasteiger partial charge in [-0.3, -0.25) is 4.79 Å². The third kappa shape index (κ3) is 3.18. The first kappa shape index (κ1) is 14.7. The van der Waals surface area contributed by atoms with Gasteiger partial charge in [0.05, 0.1) is 10.7 Å². The van der Waals surface area contributed by atoms with Gasteiger partial charge in [0.1, 0.15) is 4.88 Å². The number of carbonyl (C=O) groups is 1. The average Bonchev–Trinajstić information content (AvgIpc) is 3.25. The van der Waals surface area contributed by atoms with Crippen LogP contribution in [0.5, 0.6) is 0 Å². The molecule has 5 heteroatoms. The maximum atomic E-state index is 12.2. The normalized spacial score (nSPS) is 19.5. The van der Waals surface area contributed by atoms with Crippen LogP contribution >= 0.6 is 11.3 Å². The number of amides is 1. The van der Waals surface area contributed by atoms with Crippen LogP contribution in [-0.2, 0) is 0 Å². The van der Waals surface area contributed by atoms with Gasteiger partial charge in [0, 0.05) is 18.2 Å². The topological polar surface area (TPSA) is 67.2 Å². The fraction of sp³-hybridized carbons (Fsp3) is 0.688. The van der Waals surface area contributed by atoms with E-state index in [4.69, 9.17) is 5.73 Å². The van der Waals surface area contributed by atoms with E-state index < -0.39 is 0 Å².